The smallest absolute Gasteiger partial charge is 0.434 e. The number of hydrogen-bond acceptors (Lipinski definition) is 6. The monoisotopic (exact) mass is 370 g/mol. The highest BCUT2D eigenvalue weighted by Gasteiger charge is 2.41. The molecule has 3 rings (SSSR count). The predicted molar refractivity (Wildman–Crippen MR) is 84.1 cm³/mol. The van der Waals surface area contributed by atoms with Crippen LogP contribution in [0.15, 0.2) is 18.3 Å². The van der Waals surface area contributed by atoms with Gasteiger partial charge in [0.25, 0.3) is 5.91 Å². The van der Waals surface area contributed by atoms with Crippen LogP contribution in [0, 0.1) is 0 Å². The molecule has 1 N–H and O–H groups in total. The van der Waals surface area contributed by atoms with Gasteiger partial charge in [0.15, 0.2) is 11.5 Å². The van der Waals surface area contributed by atoms with Crippen LogP contribution in [0.4, 0.5) is 13.2 Å². The lowest BCUT2D eigenvalue weighted by atomic mass is 10.2. The first-order chi connectivity index (χ1) is 12.4. The SMILES string of the molecule is COc1ccc(-n2ncc(C(=O)N3CCCNCC3)c2C(F)(F)F)nn1. The molecule has 3 heterocycles. The van der Waals surface area contributed by atoms with Crippen molar-refractivity contribution < 1.29 is 22.7 Å². The average molecular weight is 370 g/mol. The molecule has 2 aromatic rings. The minimum atomic E-state index is -4.78. The van der Waals surface area contributed by atoms with Crippen LogP contribution in [0.3, 0.4) is 0 Å². The van der Waals surface area contributed by atoms with Gasteiger partial charge in [0, 0.05) is 25.7 Å². The van der Waals surface area contributed by atoms with Gasteiger partial charge >= 0.3 is 6.18 Å². The number of nitrogens with zero attached hydrogens (tertiary/aromatic N) is 5. The van der Waals surface area contributed by atoms with Crippen molar-refractivity contribution in [1.29, 1.82) is 0 Å². The minimum Gasteiger partial charge on any atom is -0.480 e. The summed E-state index contributed by atoms with van der Waals surface area (Å²) in [7, 11) is 1.37. The van der Waals surface area contributed by atoms with Crippen molar-refractivity contribution in [1.82, 2.24) is 30.2 Å². The number of nitrogens with one attached hydrogen (secondary N) is 1. The second kappa shape index (κ2) is 7.28. The summed E-state index contributed by atoms with van der Waals surface area (Å²) in [5.41, 5.74) is -1.67. The maximum Gasteiger partial charge on any atom is 0.434 e. The molecule has 140 valence electrons. The average Bonchev–Trinajstić information content (AvgIpc) is 2.90. The molecule has 1 saturated heterocycles. The number of rotatable bonds is 3. The Bertz CT molecular complexity index is 767. The largest absolute Gasteiger partial charge is 0.480 e. The molecule has 0 aromatic carbocycles. The van der Waals surface area contributed by atoms with E-state index in [9.17, 15) is 18.0 Å². The van der Waals surface area contributed by atoms with Crippen LogP contribution < -0.4 is 10.1 Å². The molecule has 0 atom stereocenters. The summed E-state index contributed by atoms with van der Waals surface area (Å²) < 4.78 is 46.4. The Morgan fingerprint density at radius 3 is 2.69 bits per heavy atom. The van der Waals surface area contributed by atoms with Gasteiger partial charge in [0.05, 0.1) is 18.9 Å². The highest BCUT2D eigenvalue weighted by atomic mass is 19.4. The van der Waals surface area contributed by atoms with Crippen molar-refractivity contribution >= 4 is 5.91 Å². The summed E-state index contributed by atoms with van der Waals surface area (Å²) in [6, 6.07) is 2.66. The van der Waals surface area contributed by atoms with E-state index in [-0.39, 0.29) is 11.7 Å². The van der Waals surface area contributed by atoms with E-state index in [1.807, 2.05) is 0 Å². The van der Waals surface area contributed by atoms with Crippen molar-refractivity contribution in [3.8, 4) is 11.7 Å². The van der Waals surface area contributed by atoms with Gasteiger partial charge in [-0.25, -0.2) is 4.68 Å². The Hall–Kier alpha value is -2.69. The highest BCUT2D eigenvalue weighted by molar-refractivity contribution is 5.95. The van der Waals surface area contributed by atoms with Crippen LogP contribution in [0.1, 0.15) is 22.5 Å². The first-order valence-electron chi connectivity index (χ1n) is 7.95. The Balaban J connectivity index is 2.00. The van der Waals surface area contributed by atoms with Crippen molar-refractivity contribution in [2.24, 2.45) is 0 Å². The molecule has 0 aliphatic carbocycles. The van der Waals surface area contributed by atoms with Crippen LogP contribution in [0.5, 0.6) is 5.88 Å². The Morgan fingerprint density at radius 2 is 2.04 bits per heavy atom. The lowest BCUT2D eigenvalue weighted by Gasteiger charge is -2.20. The molecule has 0 unspecified atom stereocenters. The van der Waals surface area contributed by atoms with Gasteiger partial charge < -0.3 is 15.0 Å². The second-order valence-electron chi connectivity index (χ2n) is 5.65. The molecular weight excluding hydrogens is 353 g/mol. The van der Waals surface area contributed by atoms with Gasteiger partial charge in [-0.2, -0.15) is 18.3 Å². The molecule has 1 fully saturated rings. The van der Waals surface area contributed by atoms with Gasteiger partial charge in [-0.05, 0) is 19.0 Å². The first-order valence-corrected chi connectivity index (χ1v) is 7.95. The van der Waals surface area contributed by atoms with E-state index in [1.54, 1.807) is 0 Å². The van der Waals surface area contributed by atoms with E-state index in [0.29, 0.717) is 30.7 Å². The summed E-state index contributed by atoms with van der Waals surface area (Å²) in [6.07, 6.45) is -3.19. The number of carbonyl (C=O) groups is 1. The van der Waals surface area contributed by atoms with Crippen LogP contribution in [-0.2, 0) is 6.18 Å². The second-order valence-corrected chi connectivity index (χ2v) is 5.65. The van der Waals surface area contributed by atoms with Crippen LogP contribution in [0.2, 0.25) is 0 Å². The number of ether oxygens (including phenoxy) is 1. The first kappa shape index (κ1) is 18.1. The van der Waals surface area contributed by atoms with Crippen molar-refractivity contribution in [2.75, 3.05) is 33.3 Å². The Kier molecular flexibility index (Phi) is 5.07. The van der Waals surface area contributed by atoms with Gasteiger partial charge in [-0.1, -0.05) is 0 Å². The molecule has 26 heavy (non-hydrogen) atoms. The van der Waals surface area contributed by atoms with Gasteiger partial charge in [0.1, 0.15) is 0 Å². The lowest BCUT2D eigenvalue weighted by Crippen LogP contribution is -2.35. The Labute approximate surface area is 146 Å². The zero-order valence-corrected chi connectivity index (χ0v) is 14.0. The van der Waals surface area contributed by atoms with Crippen molar-refractivity contribution in [2.45, 2.75) is 12.6 Å². The number of alkyl halides is 3. The number of halogens is 3. The van der Waals surface area contributed by atoms with Gasteiger partial charge in [-0.15, -0.1) is 10.2 Å². The van der Waals surface area contributed by atoms with Crippen LogP contribution in [-0.4, -0.2) is 64.1 Å². The zero-order valence-electron chi connectivity index (χ0n) is 14.0. The number of carbonyl (C=O) groups excluding carboxylic acids is 1. The molecule has 0 radical (unpaired) electrons. The van der Waals surface area contributed by atoms with Crippen molar-refractivity contribution in [3.63, 3.8) is 0 Å². The molecule has 8 nitrogen and oxygen atoms in total. The van der Waals surface area contributed by atoms with Crippen LogP contribution >= 0.6 is 0 Å². The number of hydrogen-bond donors (Lipinski definition) is 1. The number of aromatic nitrogens is 4. The van der Waals surface area contributed by atoms with E-state index in [2.05, 4.69) is 20.6 Å². The highest BCUT2D eigenvalue weighted by Crippen LogP contribution is 2.34. The summed E-state index contributed by atoms with van der Waals surface area (Å²) in [5, 5.41) is 14.2. The zero-order chi connectivity index (χ0) is 18.7. The molecule has 0 bridgehead atoms. The van der Waals surface area contributed by atoms with E-state index in [4.69, 9.17) is 4.74 Å². The molecule has 1 aliphatic rings. The van der Waals surface area contributed by atoms with Crippen molar-refractivity contribution in [3.05, 3.63) is 29.6 Å². The molecule has 11 heteroatoms. The van der Waals surface area contributed by atoms with Crippen LogP contribution in [0.25, 0.3) is 5.82 Å². The third kappa shape index (κ3) is 3.62. The third-order valence-corrected chi connectivity index (χ3v) is 3.95. The molecule has 0 spiro atoms. The molecular formula is C15H17F3N6O2. The van der Waals surface area contributed by atoms with E-state index in [1.165, 1.54) is 24.1 Å². The molecule has 0 saturated carbocycles. The standard InChI is InChI=1S/C15H17F3N6O2/c1-26-12-4-3-11(21-22-12)24-13(15(16,17)18)10(9-20-24)14(25)23-7-2-5-19-6-8-23/h3-4,9,19H,2,5-8H2,1H3. The van der Waals surface area contributed by atoms with Gasteiger partial charge in [0.2, 0.25) is 5.88 Å². The number of methoxy groups -OCH3 is 1. The normalized spacial score (nSPS) is 15.6. The Morgan fingerprint density at radius 1 is 1.23 bits per heavy atom. The quantitative estimate of drug-likeness (QED) is 0.872. The molecule has 2 aromatic heterocycles. The topological polar surface area (TPSA) is 85.2 Å². The number of amides is 1. The summed E-state index contributed by atoms with van der Waals surface area (Å²) >= 11 is 0. The maximum atomic E-state index is 13.7. The van der Waals surface area contributed by atoms with E-state index >= 15 is 0 Å². The summed E-state index contributed by atoms with van der Waals surface area (Å²) in [4.78, 5) is 14.1. The minimum absolute atomic E-state index is 0.155. The molecule has 1 aliphatic heterocycles. The third-order valence-electron chi connectivity index (χ3n) is 3.95. The summed E-state index contributed by atoms with van der Waals surface area (Å²) in [6.45, 7) is 1.97. The molecule has 1 amide bonds. The fourth-order valence-corrected chi connectivity index (χ4v) is 2.71. The fraction of sp³-hybridized carbons (Fsp3) is 0.467. The summed E-state index contributed by atoms with van der Waals surface area (Å²) in [5.74, 6) is -0.703. The predicted octanol–water partition coefficient (Wildman–Crippen LogP) is 1.13. The lowest BCUT2D eigenvalue weighted by molar-refractivity contribution is -0.143. The van der Waals surface area contributed by atoms with Gasteiger partial charge in [-0.3, -0.25) is 4.79 Å². The maximum absolute atomic E-state index is 13.7. The van der Waals surface area contributed by atoms with E-state index < -0.39 is 23.3 Å². The fourth-order valence-electron chi connectivity index (χ4n) is 2.71. The van der Waals surface area contributed by atoms with E-state index in [0.717, 1.165) is 12.7 Å².